The van der Waals surface area contributed by atoms with Gasteiger partial charge in [0.15, 0.2) is 0 Å². The van der Waals surface area contributed by atoms with Gasteiger partial charge in [-0.25, -0.2) is 9.37 Å². The van der Waals surface area contributed by atoms with Crippen molar-refractivity contribution in [3.05, 3.63) is 64.7 Å². The molecule has 1 aromatic carbocycles. The number of hydrogen-bond acceptors (Lipinski definition) is 2. The molecule has 0 fully saturated rings. The van der Waals surface area contributed by atoms with E-state index in [0.717, 1.165) is 35.6 Å². The summed E-state index contributed by atoms with van der Waals surface area (Å²) >= 11 is 5.92. The van der Waals surface area contributed by atoms with Crippen molar-refractivity contribution < 1.29 is 9.18 Å². The summed E-state index contributed by atoms with van der Waals surface area (Å²) in [6.45, 7) is 3.50. The molecule has 0 aliphatic rings. The minimum absolute atomic E-state index is 0.112. The Bertz CT molecular complexity index is 907. The van der Waals surface area contributed by atoms with E-state index in [-0.39, 0.29) is 16.5 Å². The maximum absolute atomic E-state index is 13.1. The van der Waals surface area contributed by atoms with E-state index in [2.05, 4.69) is 28.0 Å². The molecule has 130 valence electrons. The number of fused-ring (bicyclic) bond motifs is 1. The van der Waals surface area contributed by atoms with Gasteiger partial charge in [-0.1, -0.05) is 18.5 Å². The van der Waals surface area contributed by atoms with E-state index >= 15 is 0 Å². The summed E-state index contributed by atoms with van der Waals surface area (Å²) in [7, 11) is 0. The van der Waals surface area contributed by atoms with Gasteiger partial charge in [0.05, 0.1) is 10.6 Å². The molecule has 0 aliphatic carbocycles. The van der Waals surface area contributed by atoms with E-state index in [1.165, 1.54) is 12.1 Å². The number of rotatable bonds is 6. The summed E-state index contributed by atoms with van der Waals surface area (Å²) in [5.41, 5.74) is 2.38. The zero-order valence-corrected chi connectivity index (χ0v) is 14.7. The van der Waals surface area contributed by atoms with Crippen LogP contribution in [-0.4, -0.2) is 22.0 Å². The fourth-order valence-electron chi connectivity index (χ4n) is 2.89. The van der Waals surface area contributed by atoms with Gasteiger partial charge in [-0.15, -0.1) is 0 Å². The Hall–Kier alpha value is -2.40. The van der Waals surface area contributed by atoms with Crippen molar-refractivity contribution in [1.82, 2.24) is 14.9 Å². The van der Waals surface area contributed by atoms with Gasteiger partial charge in [-0.3, -0.25) is 4.79 Å². The summed E-state index contributed by atoms with van der Waals surface area (Å²) in [4.78, 5) is 16.7. The standard InChI is InChI=1S/C19H19ClFN3O/c1-2-10-24-12-13(15-4-3-8-22-18(15)24)7-9-23-19(25)16-6-5-14(21)11-17(16)20/h3-6,8,11-12H,2,7,9-10H2,1H3,(H,23,25). The Kier molecular flexibility index (Phi) is 5.34. The molecule has 2 heterocycles. The topological polar surface area (TPSA) is 46.9 Å². The highest BCUT2D eigenvalue weighted by molar-refractivity contribution is 6.33. The highest BCUT2D eigenvalue weighted by Crippen LogP contribution is 2.20. The summed E-state index contributed by atoms with van der Waals surface area (Å²) in [5.74, 6) is -0.766. The number of aromatic nitrogens is 2. The molecular weight excluding hydrogens is 341 g/mol. The molecular formula is C19H19ClFN3O. The first kappa shape index (κ1) is 17.4. The van der Waals surface area contributed by atoms with Crippen LogP contribution in [0.25, 0.3) is 11.0 Å². The van der Waals surface area contributed by atoms with Crippen LogP contribution < -0.4 is 5.32 Å². The van der Waals surface area contributed by atoms with E-state index in [4.69, 9.17) is 11.6 Å². The van der Waals surface area contributed by atoms with E-state index in [9.17, 15) is 9.18 Å². The van der Waals surface area contributed by atoms with Gasteiger partial charge in [0.25, 0.3) is 5.91 Å². The molecule has 0 saturated heterocycles. The Morgan fingerprint density at radius 2 is 2.20 bits per heavy atom. The van der Waals surface area contributed by atoms with Crippen molar-refractivity contribution in [1.29, 1.82) is 0 Å². The molecule has 0 bridgehead atoms. The summed E-state index contributed by atoms with van der Waals surface area (Å²) in [6.07, 6.45) is 5.60. The molecule has 2 aromatic heterocycles. The number of benzene rings is 1. The third kappa shape index (κ3) is 3.82. The van der Waals surface area contributed by atoms with Crippen molar-refractivity contribution >= 4 is 28.5 Å². The largest absolute Gasteiger partial charge is 0.352 e. The first-order chi connectivity index (χ1) is 12.1. The lowest BCUT2D eigenvalue weighted by Gasteiger charge is -2.06. The normalized spacial score (nSPS) is 11.0. The number of nitrogens with zero attached hydrogens (tertiary/aromatic N) is 2. The molecule has 0 radical (unpaired) electrons. The second-order valence-corrected chi connectivity index (χ2v) is 6.26. The van der Waals surface area contributed by atoms with Crippen molar-refractivity contribution in [2.75, 3.05) is 6.54 Å². The van der Waals surface area contributed by atoms with Crippen LogP contribution in [0.15, 0.2) is 42.7 Å². The van der Waals surface area contributed by atoms with E-state index in [1.807, 2.05) is 12.1 Å². The van der Waals surface area contributed by atoms with Crippen LogP contribution in [0, 0.1) is 5.82 Å². The molecule has 3 aromatic rings. The molecule has 1 amide bonds. The molecule has 1 N–H and O–H groups in total. The number of nitrogens with one attached hydrogen (secondary N) is 1. The maximum Gasteiger partial charge on any atom is 0.252 e. The lowest BCUT2D eigenvalue weighted by molar-refractivity contribution is 0.0954. The number of aryl methyl sites for hydroxylation is 1. The average molecular weight is 360 g/mol. The lowest BCUT2D eigenvalue weighted by atomic mass is 10.1. The smallest absolute Gasteiger partial charge is 0.252 e. The van der Waals surface area contributed by atoms with Crippen LogP contribution in [-0.2, 0) is 13.0 Å². The zero-order valence-electron chi connectivity index (χ0n) is 13.9. The third-order valence-corrected chi connectivity index (χ3v) is 4.35. The summed E-state index contributed by atoms with van der Waals surface area (Å²) < 4.78 is 15.2. The lowest BCUT2D eigenvalue weighted by Crippen LogP contribution is -2.26. The van der Waals surface area contributed by atoms with Crippen LogP contribution in [0.3, 0.4) is 0 Å². The van der Waals surface area contributed by atoms with Gasteiger partial charge in [-0.05, 0) is 48.7 Å². The fourth-order valence-corrected chi connectivity index (χ4v) is 3.14. The molecule has 4 nitrogen and oxygen atoms in total. The zero-order chi connectivity index (χ0) is 17.8. The molecule has 0 atom stereocenters. The third-order valence-electron chi connectivity index (χ3n) is 4.04. The molecule has 0 spiro atoms. The van der Waals surface area contributed by atoms with Gasteiger partial charge in [-0.2, -0.15) is 0 Å². The summed E-state index contributed by atoms with van der Waals surface area (Å²) in [5, 5.41) is 4.05. The molecule has 3 rings (SSSR count). The molecule has 0 unspecified atom stereocenters. The van der Waals surface area contributed by atoms with E-state index in [0.29, 0.717) is 13.0 Å². The predicted octanol–water partition coefficient (Wildman–Crippen LogP) is 4.21. The Morgan fingerprint density at radius 3 is 2.96 bits per heavy atom. The second-order valence-electron chi connectivity index (χ2n) is 5.85. The highest BCUT2D eigenvalue weighted by atomic mass is 35.5. The first-order valence-electron chi connectivity index (χ1n) is 8.26. The van der Waals surface area contributed by atoms with E-state index < -0.39 is 5.82 Å². The number of pyridine rings is 1. The minimum Gasteiger partial charge on any atom is -0.352 e. The molecule has 25 heavy (non-hydrogen) atoms. The Labute approximate surface area is 150 Å². The van der Waals surface area contributed by atoms with Gasteiger partial charge in [0.2, 0.25) is 0 Å². The fraction of sp³-hybridized carbons (Fsp3) is 0.263. The van der Waals surface area contributed by atoms with Crippen molar-refractivity contribution in [2.24, 2.45) is 0 Å². The van der Waals surface area contributed by atoms with Gasteiger partial charge >= 0.3 is 0 Å². The Balaban J connectivity index is 1.70. The molecule has 6 heteroatoms. The van der Waals surface area contributed by atoms with Gasteiger partial charge in [0, 0.05) is 30.9 Å². The first-order valence-corrected chi connectivity index (χ1v) is 8.64. The molecule has 0 aliphatic heterocycles. The quantitative estimate of drug-likeness (QED) is 0.716. The van der Waals surface area contributed by atoms with Crippen LogP contribution >= 0.6 is 11.6 Å². The van der Waals surface area contributed by atoms with Crippen molar-refractivity contribution in [3.63, 3.8) is 0 Å². The number of halogens is 2. The minimum atomic E-state index is -0.460. The number of amides is 1. The molecule has 0 saturated carbocycles. The van der Waals surface area contributed by atoms with Crippen LogP contribution in [0.1, 0.15) is 29.3 Å². The predicted molar refractivity (Wildman–Crippen MR) is 97.5 cm³/mol. The van der Waals surface area contributed by atoms with Gasteiger partial charge < -0.3 is 9.88 Å². The number of carbonyl (C=O) groups excluding carboxylic acids is 1. The highest BCUT2D eigenvalue weighted by Gasteiger charge is 2.12. The maximum atomic E-state index is 13.1. The van der Waals surface area contributed by atoms with Crippen LogP contribution in [0.4, 0.5) is 4.39 Å². The van der Waals surface area contributed by atoms with E-state index in [1.54, 1.807) is 6.20 Å². The second kappa shape index (κ2) is 7.66. The number of carbonyl (C=O) groups is 1. The average Bonchev–Trinajstić information content (AvgIpc) is 2.93. The summed E-state index contributed by atoms with van der Waals surface area (Å²) in [6, 6.07) is 7.72. The van der Waals surface area contributed by atoms with Gasteiger partial charge in [0.1, 0.15) is 11.5 Å². The van der Waals surface area contributed by atoms with Crippen LogP contribution in [0.2, 0.25) is 5.02 Å². The monoisotopic (exact) mass is 359 g/mol. The van der Waals surface area contributed by atoms with Crippen molar-refractivity contribution in [3.8, 4) is 0 Å². The van der Waals surface area contributed by atoms with Crippen molar-refractivity contribution in [2.45, 2.75) is 26.3 Å². The Morgan fingerprint density at radius 1 is 1.36 bits per heavy atom. The number of hydrogen-bond donors (Lipinski definition) is 1. The van der Waals surface area contributed by atoms with Crippen LogP contribution in [0.5, 0.6) is 0 Å². The SMILES string of the molecule is CCCn1cc(CCNC(=O)c2ccc(F)cc2Cl)c2cccnc21.